The summed E-state index contributed by atoms with van der Waals surface area (Å²) in [5.41, 5.74) is 2.08. The first-order chi connectivity index (χ1) is 9.60. The minimum Gasteiger partial charge on any atom is -0.354 e. The van der Waals surface area contributed by atoms with Gasteiger partial charge in [-0.25, -0.2) is 4.98 Å². The lowest BCUT2D eigenvalue weighted by molar-refractivity contribution is 0.953. The molecule has 0 radical (unpaired) electrons. The van der Waals surface area contributed by atoms with Crippen LogP contribution < -0.4 is 10.6 Å². The number of anilines is 3. The van der Waals surface area contributed by atoms with Crippen molar-refractivity contribution in [3.8, 4) is 0 Å². The second kappa shape index (κ2) is 6.90. The minimum absolute atomic E-state index is 0.495. The molecule has 0 saturated carbocycles. The van der Waals surface area contributed by atoms with E-state index in [1.165, 1.54) is 0 Å². The number of rotatable bonds is 5. The van der Waals surface area contributed by atoms with Gasteiger partial charge >= 0.3 is 0 Å². The van der Waals surface area contributed by atoms with Gasteiger partial charge in [-0.3, -0.25) is 0 Å². The van der Waals surface area contributed by atoms with Crippen molar-refractivity contribution in [1.82, 2.24) is 9.97 Å². The van der Waals surface area contributed by atoms with Crippen LogP contribution in [0.4, 0.5) is 17.5 Å². The third kappa shape index (κ3) is 3.84. The molecule has 106 valence electrons. The zero-order valence-electron chi connectivity index (χ0n) is 11.4. The standard InChI is InChI=1S/C14H16BrClN4/c1-3-6-17-14-18-8-11(16)13(20-14)19-12-5-4-10(15)7-9(12)2/h4-5,7-8H,3,6H2,1-2H3,(H2,17,18,19,20). The van der Waals surface area contributed by atoms with Crippen molar-refractivity contribution in [3.63, 3.8) is 0 Å². The summed E-state index contributed by atoms with van der Waals surface area (Å²) in [6, 6.07) is 5.99. The van der Waals surface area contributed by atoms with Crippen LogP contribution in [0.1, 0.15) is 18.9 Å². The van der Waals surface area contributed by atoms with Crippen LogP contribution in [-0.2, 0) is 0 Å². The highest BCUT2D eigenvalue weighted by Gasteiger charge is 2.07. The summed E-state index contributed by atoms with van der Waals surface area (Å²) >= 11 is 9.59. The maximum atomic E-state index is 6.14. The van der Waals surface area contributed by atoms with E-state index in [4.69, 9.17) is 11.6 Å². The van der Waals surface area contributed by atoms with Gasteiger partial charge in [0.1, 0.15) is 5.02 Å². The fourth-order valence-electron chi connectivity index (χ4n) is 1.67. The smallest absolute Gasteiger partial charge is 0.224 e. The molecule has 2 rings (SSSR count). The molecule has 0 bridgehead atoms. The lowest BCUT2D eigenvalue weighted by Gasteiger charge is -2.12. The molecule has 2 aromatic rings. The molecule has 4 nitrogen and oxygen atoms in total. The Kier molecular flexibility index (Phi) is 5.20. The number of hydrogen-bond donors (Lipinski definition) is 2. The van der Waals surface area contributed by atoms with Gasteiger partial charge in [0.15, 0.2) is 5.82 Å². The number of hydrogen-bond acceptors (Lipinski definition) is 4. The van der Waals surface area contributed by atoms with Crippen molar-refractivity contribution in [3.05, 3.63) is 39.5 Å². The minimum atomic E-state index is 0.495. The highest BCUT2D eigenvalue weighted by Crippen LogP contribution is 2.27. The van der Waals surface area contributed by atoms with E-state index < -0.39 is 0 Å². The Morgan fingerprint density at radius 1 is 1.35 bits per heavy atom. The Morgan fingerprint density at radius 2 is 2.15 bits per heavy atom. The van der Waals surface area contributed by atoms with E-state index in [1.807, 2.05) is 25.1 Å². The van der Waals surface area contributed by atoms with Gasteiger partial charge in [-0.15, -0.1) is 0 Å². The number of aromatic nitrogens is 2. The van der Waals surface area contributed by atoms with Crippen LogP contribution in [-0.4, -0.2) is 16.5 Å². The summed E-state index contributed by atoms with van der Waals surface area (Å²) in [5, 5.41) is 6.88. The normalized spacial score (nSPS) is 10.4. The van der Waals surface area contributed by atoms with Gasteiger partial charge in [0.05, 0.1) is 6.20 Å². The van der Waals surface area contributed by atoms with E-state index >= 15 is 0 Å². The van der Waals surface area contributed by atoms with Crippen molar-refractivity contribution < 1.29 is 0 Å². The second-order valence-electron chi connectivity index (χ2n) is 4.40. The average Bonchev–Trinajstić information content (AvgIpc) is 2.42. The van der Waals surface area contributed by atoms with Crippen molar-refractivity contribution in [2.45, 2.75) is 20.3 Å². The lowest BCUT2D eigenvalue weighted by atomic mass is 10.2. The monoisotopic (exact) mass is 354 g/mol. The van der Waals surface area contributed by atoms with Crippen LogP contribution in [0.3, 0.4) is 0 Å². The largest absolute Gasteiger partial charge is 0.354 e. The summed E-state index contributed by atoms with van der Waals surface area (Å²) in [6.07, 6.45) is 2.61. The molecule has 0 fully saturated rings. The Bertz CT molecular complexity index is 604. The zero-order valence-corrected chi connectivity index (χ0v) is 13.7. The van der Waals surface area contributed by atoms with E-state index in [0.29, 0.717) is 16.8 Å². The molecule has 0 amide bonds. The molecule has 2 N–H and O–H groups in total. The number of nitrogens with zero attached hydrogens (tertiary/aromatic N) is 2. The van der Waals surface area contributed by atoms with Gasteiger partial charge in [0.2, 0.25) is 5.95 Å². The quantitative estimate of drug-likeness (QED) is 0.811. The van der Waals surface area contributed by atoms with E-state index in [9.17, 15) is 0 Å². The van der Waals surface area contributed by atoms with Crippen LogP contribution in [0, 0.1) is 6.92 Å². The maximum absolute atomic E-state index is 6.14. The molecular formula is C14H16BrClN4. The molecule has 0 unspecified atom stereocenters. The molecule has 0 aliphatic carbocycles. The van der Waals surface area contributed by atoms with Crippen molar-refractivity contribution in [1.29, 1.82) is 0 Å². The molecule has 0 spiro atoms. The van der Waals surface area contributed by atoms with Crippen LogP contribution in [0.25, 0.3) is 0 Å². The SMILES string of the molecule is CCCNc1ncc(Cl)c(Nc2ccc(Br)cc2C)n1. The van der Waals surface area contributed by atoms with E-state index in [0.717, 1.165) is 28.7 Å². The van der Waals surface area contributed by atoms with Gasteiger partial charge in [0, 0.05) is 16.7 Å². The molecule has 0 atom stereocenters. The highest BCUT2D eigenvalue weighted by atomic mass is 79.9. The Hall–Kier alpha value is -1.33. The molecule has 6 heteroatoms. The molecular weight excluding hydrogens is 340 g/mol. The summed E-state index contributed by atoms with van der Waals surface area (Å²) in [4.78, 5) is 8.54. The van der Waals surface area contributed by atoms with Gasteiger partial charge in [0.25, 0.3) is 0 Å². The lowest BCUT2D eigenvalue weighted by Crippen LogP contribution is -2.06. The first-order valence-corrected chi connectivity index (χ1v) is 7.57. The Labute approximate surface area is 132 Å². The van der Waals surface area contributed by atoms with E-state index in [2.05, 4.69) is 43.5 Å². The van der Waals surface area contributed by atoms with Gasteiger partial charge in [-0.2, -0.15) is 4.98 Å². The van der Waals surface area contributed by atoms with Crippen LogP contribution in [0.15, 0.2) is 28.9 Å². The molecule has 1 aromatic heterocycles. The first kappa shape index (κ1) is 15.1. The summed E-state index contributed by atoms with van der Waals surface area (Å²) in [6.45, 7) is 4.95. The fraction of sp³-hybridized carbons (Fsp3) is 0.286. The van der Waals surface area contributed by atoms with Crippen LogP contribution >= 0.6 is 27.5 Å². The number of benzene rings is 1. The fourth-order valence-corrected chi connectivity index (χ4v) is 2.29. The van der Waals surface area contributed by atoms with Crippen LogP contribution in [0.2, 0.25) is 5.02 Å². The van der Waals surface area contributed by atoms with Gasteiger partial charge < -0.3 is 10.6 Å². The number of nitrogens with one attached hydrogen (secondary N) is 2. The van der Waals surface area contributed by atoms with Crippen LogP contribution in [0.5, 0.6) is 0 Å². The Morgan fingerprint density at radius 3 is 2.85 bits per heavy atom. The molecule has 0 aliphatic rings. The zero-order chi connectivity index (χ0) is 14.5. The topological polar surface area (TPSA) is 49.8 Å². The Balaban J connectivity index is 2.23. The summed E-state index contributed by atoms with van der Waals surface area (Å²) in [7, 11) is 0. The second-order valence-corrected chi connectivity index (χ2v) is 5.72. The third-order valence-corrected chi connectivity index (χ3v) is 3.49. The maximum Gasteiger partial charge on any atom is 0.224 e. The average molecular weight is 356 g/mol. The summed E-state index contributed by atoms with van der Waals surface area (Å²) < 4.78 is 1.04. The van der Waals surface area contributed by atoms with Crippen molar-refractivity contribution in [2.24, 2.45) is 0 Å². The van der Waals surface area contributed by atoms with Crippen molar-refractivity contribution in [2.75, 3.05) is 17.2 Å². The van der Waals surface area contributed by atoms with Gasteiger partial charge in [-0.05, 0) is 37.1 Å². The third-order valence-electron chi connectivity index (χ3n) is 2.72. The molecule has 0 aliphatic heterocycles. The van der Waals surface area contributed by atoms with Crippen molar-refractivity contribution >= 4 is 45.0 Å². The van der Waals surface area contributed by atoms with E-state index in [1.54, 1.807) is 6.20 Å². The van der Waals surface area contributed by atoms with Gasteiger partial charge in [-0.1, -0.05) is 34.5 Å². The molecule has 1 heterocycles. The predicted octanol–water partition coefficient (Wildman–Crippen LogP) is 4.77. The first-order valence-electron chi connectivity index (χ1n) is 6.39. The molecule has 0 saturated heterocycles. The highest BCUT2D eigenvalue weighted by molar-refractivity contribution is 9.10. The van der Waals surface area contributed by atoms with E-state index in [-0.39, 0.29) is 0 Å². The number of aryl methyl sites for hydroxylation is 1. The number of halogens is 2. The predicted molar refractivity (Wildman–Crippen MR) is 88.0 cm³/mol. The molecule has 20 heavy (non-hydrogen) atoms. The molecule has 1 aromatic carbocycles. The summed E-state index contributed by atoms with van der Waals surface area (Å²) in [5.74, 6) is 1.18.